The highest BCUT2D eigenvalue weighted by molar-refractivity contribution is 9.13. The molecule has 0 aliphatic rings. The van der Waals surface area contributed by atoms with E-state index < -0.39 is 0 Å². The van der Waals surface area contributed by atoms with Gasteiger partial charge in [0.25, 0.3) is 0 Å². The second-order valence-electron chi connectivity index (χ2n) is 5.12. The van der Waals surface area contributed by atoms with Gasteiger partial charge in [0.05, 0.1) is 3.79 Å². The molecule has 0 saturated heterocycles. The average Bonchev–Trinajstić information content (AvgIpc) is 2.80. The van der Waals surface area contributed by atoms with Crippen LogP contribution in [-0.4, -0.2) is 0 Å². The van der Waals surface area contributed by atoms with Crippen LogP contribution in [0.4, 0.5) is 0 Å². The van der Waals surface area contributed by atoms with E-state index in [0.717, 1.165) is 14.7 Å². The Balaban J connectivity index is 2.36. The summed E-state index contributed by atoms with van der Waals surface area (Å²) >= 11 is 8.83. The van der Waals surface area contributed by atoms with Gasteiger partial charge in [-0.05, 0) is 49.4 Å². The summed E-state index contributed by atoms with van der Waals surface area (Å²) in [7, 11) is 0. The van der Waals surface area contributed by atoms with Gasteiger partial charge in [-0.1, -0.05) is 50.6 Å². The lowest BCUT2D eigenvalue weighted by atomic mass is 9.80. The molecular formula is C16H19Br2NS. The molecule has 2 rings (SSSR count). The Morgan fingerprint density at radius 3 is 2.35 bits per heavy atom. The fourth-order valence-electron chi connectivity index (χ4n) is 2.52. The molecule has 20 heavy (non-hydrogen) atoms. The van der Waals surface area contributed by atoms with E-state index in [-0.39, 0.29) is 6.04 Å². The van der Waals surface area contributed by atoms with E-state index in [1.54, 1.807) is 11.3 Å². The summed E-state index contributed by atoms with van der Waals surface area (Å²) in [4.78, 5) is 1.22. The van der Waals surface area contributed by atoms with Gasteiger partial charge < -0.3 is 5.73 Å². The minimum absolute atomic E-state index is 0.0277. The smallest absolute Gasteiger partial charge is 0.0843 e. The van der Waals surface area contributed by atoms with E-state index in [1.165, 1.54) is 10.4 Å². The first-order valence-electron chi connectivity index (χ1n) is 6.79. The Hall–Kier alpha value is -0.160. The summed E-state index contributed by atoms with van der Waals surface area (Å²) < 4.78 is 2.20. The van der Waals surface area contributed by atoms with Crippen molar-refractivity contribution in [3.63, 3.8) is 0 Å². The van der Waals surface area contributed by atoms with E-state index in [1.807, 2.05) is 0 Å². The van der Waals surface area contributed by atoms with Gasteiger partial charge in [0.1, 0.15) is 0 Å². The predicted octanol–water partition coefficient (Wildman–Crippen LogP) is 6.10. The van der Waals surface area contributed by atoms with Crippen LogP contribution in [0.25, 0.3) is 0 Å². The number of benzene rings is 1. The number of halogens is 2. The third kappa shape index (κ3) is 3.53. The molecule has 2 aromatic rings. The Morgan fingerprint density at radius 2 is 1.85 bits per heavy atom. The summed E-state index contributed by atoms with van der Waals surface area (Å²) in [5.74, 6) is 0.894. The Kier molecular flexibility index (Phi) is 5.84. The highest BCUT2D eigenvalue weighted by Gasteiger charge is 2.27. The van der Waals surface area contributed by atoms with Gasteiger partial charge in [0.2, 0.25) is 0 Å². The SMILES string of the molecule is CCC(C)C(c1ccccc1)C(N)c1cc(Br)c(Br)s1. The molecule has 4 heteroatoms. The quantitative estimate of drug-likeness (QED) is 0.625. The Morgan fingerprint density at radius 1 is 1.20 bits per heavy atom. The van der Waals surface area contributed by atoms with Crippen LogP contribution in [-0.2, 0) is 0 Å². The standard InChI is InChI=1S/C16H19Br2NS/c1-3-10(2)14(11-7-5-4-6-8-11)15(19)13-9-12(17)16(18)20-13/h4-10,14-15H,3,19H2,1-2H3. The van der Waals surface area contributed by atoms with Crippen molar-refractivity contribution in [3.8, 4) is 0 Å². The zero-order chi connectivity index (χ0) is 14.7. The average molecular weight is 417 g/mol. The van der Waals surface area contributed by atoms with Crippen LogP contribution in [0.3, 0.4) is 0 Å². The third-order valence-electron chi connectivity index (χ3n) is 3.82. The predicted molar refractivity (Wildman–Crippen MR) is 95.3 cm³/mol. The largest absolute Gasteiger partial charge is 0.323 e. The summed E-state index contributed by atoms with van der Waals surface area (Å²) in [5.41, 5.74) is 7.93. The first-order valence-corrected chi connectivity index (χ1v) is 9.20. The van der Waals surface area contributed by atoms with Gasteiger partial charge in [-0.3, -0.25) is 0 Å². The molecule has 1 heterocycles. The summed E-state index contributed by atoms with van der Waals surface area (Å²) in [6.45, 7) is 4.52. The maximum Gasteiger partial charge on any atom is 0.0843 e. The van der Waals surface area contributed by atoms with Crippen LogP contribution in [0.1, 0.15) is 42.7 Å². The molecule has 1 nitrogen and oxygen atoms in total. The molecule has 0 aliphatic heterocycles. The first-order chi connectivity index (χ1) is 9.54. The molecule has 2 N–H and O–H groups in total. The van der Waals surface area contributed by atoms with Gasteiger partial charge in [-0.15, -0.1) is 11.3 Å². The second kappa shape index (κ2) is 7.21. The molecule has 0 radical (unpaired) electrons. The maximum atomic E-state index is 6.60. The van der Waals surface area contributed by atoms with Crippen molar-refractivity contribution in [1.29, 1.82) is 0 Å². The maximum absolute atomic E-state index is 6.60. The molecule has 0 amide bonds. The minimum Gasteiger partial charge on any atom is -0.323 e. The van der Waals surface area contributed by atoms with Crippen LogP contribution in [0.5, 0.6) is 0 Å². The van der Waals surface area contributed by atoms with Crippen molar-refractivity contribution < 1.29 is 0 Å². The van der Waals surface area contributed by atoms with Crippen molar-refractivity contribution in [2.24, 2.45) is 11.7 Å². The summed E-state index contributed by atoms with van der Waals surface area (Å²) in [6.07, 6.45) is 1.13. The van der Waals surface area contributed by atoms with Crippen molar-refractivity contribution in [1.82, 2.24) is 0 Å². The lowest BCUT2D eigenvalue weighted by Crippen LogP contribution is -2.24. The summed E-state index contributed by atoms with van der Waals surface area (Å²) in [6, 6.07) is 12.8. The van der Waals surface area contributed by atoms with Gasteiger partial charge in [-0.2, -0.15) is 0 Å². The number of hydrogen-bond acceptors (Lipinski definition) is 2. The molecule has 0 saturated carbocycles. The molecule has 0 fully saturated rings. The molecule has 0 spiro atoms. The number of rotatable bonds is 5. The molecule has 1 aromatic carbocycles. The van der Waals surface area contributed by atoms with Gasteiger partial charge >= 0.3 is 0 Å². The molecule has 0 aliphatic carbocycles. The normalized spacial score (nSPS) is 15.8. The van der Waals surface area contributed by atoms with Gasteiger partial charge in [0, 0.05) is 21.3 Å². The second-order valence-corrected chi connectivity index (χ2v) is 8.37. The van der Waals surface area contributed by atoms with E-state index in [9.17, 15) is 0 Å². The van der Waals surface area contributed by atoms with E-state index in [2.05, 4.69) is 82.1 Å². The van der Waals surface area contributed by atoms with Crippen molar-refractivity contribution >= 4 is 43.2 Å². The van der Waals surface area contributed by atoms with Crippen LogP contribution in [0.15, 0.2) is 44.7 Å². The fraction of sp³-hybridized carbons (Fsp3) is 0.375. The van der Waals surface area contributed by atoms with E-state index >= 15 is 0 Å². The monoisotopic (exact) mass is 415 g/mol. The lowest BCUT2D eigenvalue weighted by molar-refractivity contribution is 0.391. The topological polar surface area (TPSA) is 26.0 Å². The molecule has 0 bridgehead atoms. The Labute approximate surface area is 141 Å². The third-order valence-corrected chi connectivity index (χ3v) is 7.18. The molecule has 3 atom stereocenters. The van der Waals surface area contributed by atoms with Crippen LogP contribution in [0.2, 0.25) is 0 Å². The molecule has 108 valence electrons. The van der Waals surface area contributed by atoms with Gasteiger partial charge in [0.15, 0.2) is 0 Å². The number of thiophene rings is 1. The zero-order valence-corrected chi connectivity index (χ0v) is 15.6. The van der Waals surface area contributed by atoms with Crippen molar-refractivity contribution in [2.45, 2.75) is 32.2 Å². The Bertz CT molecular complexity index is 533. The minimum atomic E-state index is 0.0277. The van der Waals surface area contributed by atoms with Crippen LogP contribution >= 0.6 is 43.2 Å². The van der Waals surface area contributed by atoms with Crippen molar-refractivity contribution in [3.05, 3.63) is 55.1 Å². The highest BCUT2D eigenvalue weighted by atomic mass is 79.9. The number of hydrogen-bond donors (Lipinski definition) is 1. The lowest BCUT2D eigenvalue weighted by Gasteiger charge is -2.29. The van der Waals surface area contributed by atoms with Crippen molar-refractivity contribution in [2.75, 3.05) is 0 Å². The molecule has 3 unspecified atom stereocenters. The summed E-state index contributed by atoms with van der Waals surface area (Å²) in [5, 5.41) is 0. The van der Waals surface area contributed by atoms with Gasteiger partial charge in [-0.25, -0.2) is 0 Å². The van der Waals surface area contributed by atoms with E-state index in [4.69, 9.17) is 5.73 Å². The molecule has 1 aromatic heterocycles. The first kappa shape index (κ1) is 16.2. The van der Waals surface area contributed by atoms with Crippen LogP contribution in [0, 0.1) is 5.92 Å². The molecular weight excluding hydrogens is 398 g/mol. The van der Waals surface area contributed by atoms with Crippen LogP contribution < -0.4 is 5.73 Å². The fourth-order valence-corrected chi connectivity index (χ4v) is 4.66. The van der Waals surface area contributed by atoms with E-state index in [0.29, 0.717) is 11.8 Å². The zero-order valence-electron chi connectivity index (χ0n) is 11.6. The highest BCUT2D eigenvalue weighted by Crippen LogP contribution is 2.42. The number of nitrogens with two attached hydrogens (primary N) is 1.